The average molecular weight is 485 g/mol. The third kappa shape index (κ3) is 3.87. The molecule has 36 heavy (non-hydrogen) atoms. The molecular formula is C27H24N4O5. The highest BCUT2D eigenvalue weighted by atomic mass is 16.5. The van der Waals surface area contributed by atoms with Crippen LogP contribution >= 0.6 is 0 Å². The van der Waals surface area contributed by atoms with E-state index in [9.17, 15) is 9.59 Å². The minimum atomic E-state index is -0.823. The van der Waals surface area contributed by atoms with Gasteiger partial charge in [-0.3, -0.25) is 9.59 Å². The molecule has 2 amide bonds. The Morgan fingerprint density at radius 3 is 2.56 bits per heavy atom. The van der Waals surface area contributed by atoms with Gasteiger partial charge in [0.05, 0.1) is 47.8 Å². The van der Waals surface area contributed by atoms with Gasteiger partial charge in [-0.05, 0) is 25.1 Å². The summed E-state index contributed by atoms with van der Waals surface area (Å²) in [7, 11) is 0. The van der Waals surface area contributed by atoms with Crippen molar-refractivity contribution in [1.82, 2.24) is 15.0 Å². The van der Waals surface area contributed by atoms with Crippen LogP contribution in [0.4, 0.5) is 5.69 Å². The number of carbonyl (C=O) groups excluding carboxylic acids is 2. The summed E-state index contributed by atoms with van der Waals surface area (Å²) < 4.78 is 16.9. The second-order valence-electron chi connectivity index (χ2n) is 8.80. The zero-order valence-electron chi connectivity index (χ0n) is 19.7. The maximum absolute atomic E-state index is 14.2. The van der Waals surface area contributed by atoms with E-state index in [0.717, 1.165) is 5.56 Å². The number of fused-ring (bicyclic) bond motifs is 2. The van der Waals surface area contributed by atoms with Gasteiger partial charge in [0.1, 0.15) is 5.75 Å². The molecule has 9 heteroatoms. The fourth-order valence-corrected chi connectivity index (χ4v) is 4.71. The van der Waals surface area contributed by atoms with Crippen LogP contribution in [0.1, 0.15) is 16.1 Å². The van der Waals surface area contributed by atoms with Crippen molar-refractivity contribution in [3.05, 3.63) is 71.9 Å². The second kappa shape index (κ2) is 9.09. The monoisotopic (exact) mass is 484 g/mol. The Hall–Kier alpha value is -4.24. The third-order valence-electron chi connectivity index (χ3n) is 6.53. The van der Waals surface area contributed by atoms with E-state index in [4.69, 9.17) is 14.0 Å². The fourth-order valence-electron chi connectivity index (χ4n) is 4.71. The van der Waals surface area contributed by atoms with Gasteiger partial charge in [-0.25, -0.2) is 4.98 Å². The van der Waals surface area contributed by atoms with Crippen molar-refractivity contribution in [2.24, 2.45) is 0 Å². The maximum atomic E-state index is 14.2. The standard InChI is InChI=1S/C27H24N4O5/c1-17-24-19(15-20(28-25(24)36-29-17)18-7-3-2-4-8-18)26(32)31-16-23(27(33)30-11-13-34-14-12-30)35-22-10-6-5-9-21(22)31/h2-10,15,23H,11-14,16H2,1H3. The third-order valence-corrected chi connectivity index (χ3v) is 6.53. The average Bonchev–Trinajstić information content (AvgIpc) is 3.32. The second-order valence-corrected chi connectivity index (χ2v) is 8.80. The summed E-state index contributed by atoms with van der Waals surface area (Å²) in [5.74, 6) is 0.0531. The Kier molecular flexibility index (Phi) is 5.61. The Morgan fingerprint density at radius 2 is 1.75 bits per heavy atom. The molecule has 2 aromatic heterocycles. The van der Waals surface area contributed by atoms with E-state index in [1.807, 2.05) is 48.5 Å². The van der Waals surface area contributed by atoms with Gasteiger partial charge < -0.3 is 23.8 Å². The number of amides is 2. The van der Waals surface area contributed by atoms with Crippen LogP contribution < -0.4 is 9.64 Å². The highest BCUT2D eigenvalue weighted by Gasteiger charge is 2.37. The summed E-state index contributed by atoms with van der Waals surface area (Å²) in [5, 5.41) is 4.62. The molecule has 2 aromatic carbocycles. The lowest BCUT2D eigenvalue weighted by Gasteiger charge is -2.37. The molecule has 2 aliphatic rings. The first kappa shape index (κ1) is 22.2. The Labute approximate surface area is 207 Å². The number of ether oxygens (including phenoxy) is 2. The maximum Gasteiger partial charge on any atom is 0.265 e. The van der Waals surface area contributed by atoms with Crippen LogP contribution in [0, 0.1) is 6.92 Å². The Morgan fingerprint density at radius 1 is 1.00 bits per heavy atom. The van der Waals surface area contributed by atoms with Gasteiger partial charge in [0, 0.05) is 18.7 Å². The van der Waals surface area contributed by atoms with Gasteiger partial charge in [0.15, 0.2) is 6.10 Å². The lowest BCUT2D eigenvalue weighted by molar-refractivity contribution is -0.142. The number of nitrogens with zero attached hydrogens (tertiary/aromatic N) is 4. The lowest BCUT2D eigenvalue weighted by atomic mass is 10.0. The summed E-state index contributed by atoms with van der Waals surface area (Å²) >= 11 is 0. The number of carbonyl (C=O) groups is 2. The predicted octanol–water partition coefficient (Wildman–Crippen LogP) is 3.46. The van der Waals surface area contributed by atoms with E-state index >= 15 is 0 Å². The van der Waals surface area contributed by atoms with Crippen LogP contribution in [0.5, 0.6) is 5.75 Å². The molecule has 0 radical (unpaired) electrons. The zero-order valence-corrected chi connectivity index (χ0v) is 19.7. The van der Waals surface area contributed by atoms with Crippen molar-refractivity contribution >= 4 is 28.6 Å². The van der Waals surface area contributed by atoms with Crippen molar-refractivity contribution in [1.29, 1.82) is 0 Å². The lowest BCUT2D eigenvalue weighted by Crippen LogP contribution is -2.54. The van der Waals surface area contributed by atoms with Crippen molar-refractivity contribution in [3.63, 3.8) is 0 Å². The van der Waals surface area contributed by atoms with E-state index in [-0.39, 0.29) is 18.4 Å². The molecule has 1 unspecified atom stereocenters. The van der Waals surface area contributed by atoms with E-state index in [2.05, 4.69) is 10.1 Å². The summed E-state index contributed by atoms with van der Waals surface area (Å²) in [5.41, 5.74) is 3.33. The van der Waals surface area contributed by atoms with Crippen molar-refractivity contribution in [3.8, 4) is 17.0 Å². The Bertz CT molecular complexity index is 1450. The first-order chi connectivity index (χ1) is 17.6. The molecule has 1 atom stereocenters. The van der Waals surface area contributed by atoms with E-state index in [1.165, 1.54) is 0 Å². The number of benzene rings is 2. The SMILES string of the molecule is Cc1noc2nc(-c3ccccc3)cc(C(=O)N3CC(C(=O)N4CCOCC4)Oc4ccccc43)c12. The molecule has 182 valence electrons. The molecule has 6 rings (SSSR count). The molecule has 0 aliphatic carbocycles. The summed E-state index contributed by atoms with van der Waals surface area (Å²) in [4.78, 5) is 35.4. The van der Waals surface area contributed by atoms with Crippen LogP contribution in [-0.4, -0.2) is 65.8 Å². The van der Waals surface area contributed by atoms with Gasteiger partial charge >= 0.3 is 0 Å². The topological polar surface area (TPSA) is 98.0 Å². The number of morpholine rings is 1. The number of hydrogen-bond acceptors (Lipinski definition) is 7. The molecule has 0 saturated carbocycles. The molecule has 4 aromatic rings. The van der Waals surface area contributed by atoms with Crippen LogP contribution in [0.15, 0.2) is 65.2 Å². The molecule has 9 nitrogen and oxygen atoms in total. The molecule has 4 heterocycles. The van der Waals surface area contributed by atoms with Gasteiger partial charge in [-0.2, -0.15) is 0 Å². The zero-order chi connectivity index (χ0) is 24.6. The minimum Gasteiger partial charge on any atom is -0.476 e. The normalized spacial score (nSPS) is 17.5. The fraction of sp³-hybridized carbons (Fsp3) is 0.259. The van der Waals surface area contributed by atoms with Crippen LogP contribution in [-0.2, 0) is 9.53 Å². The molecule has 0 bridgehead atoms. The molecule has 1 saturated heterocycles. The number of pyridine rings is 1. The number of anilines is 1. The quantitative estimate of drug-likeness (QED) is 0.439. The summed E-state index contributed by atoms with van der Waals surface area (Å²) in [6, 6.07) is 18.6. The molecule has 0 N–H and O–H groups in total. The number of aromatic nitrogens is 2. The van der Waals surface area contributed by atoms with Crippen LogP contribution in [0.2, 0.25) is 0 Å². The smallest absolute Gasteiger partial charge is 0.265 e. The largest absolute Gasteiger partial charge is 0.476 e. The predicted molar refractivity (Wildman–Crippen MR) is 132 cm³/mol. The van der Waals surface area contributed by atoms with Crippen LogP contribution in [0.25, 0.3) is 22.4 Å². The number of aryl methyl sites for hydroxylation is 1. The highest BCUT2D eigenvalue weighted by molar-refractivity contribution is 6.15. The van der Waals surface area contributed by atoms with Gasteiger partial charge in [-0.15, -0.1) is 0 Å². The number of hydrogen-bond donors (Lipinski definition) is 0. The van der Waals surface area contributed by atoms with Crippen LogP contribution in [0.3, 0.4) is 0 Å². The first-order valence-corrected chi connectivity index (χ1v) is 11.9. The van der Waals surface area contributed by atoms with E-state index in [1.54, 1.807) is 28.9 Å². The summed E-state index contributed by atoms with van der Waals surface area (Å²) in [6.07, 6.45) is -0.823. The Balaban J connectivity index is 1.42. The molecule has 1 fully saturated rings. The summed E-state index contributed by atoms with van der Waals surface area (Å²) in [6.45, 7) is 3.84. The van der Waals surface area contributed by atoms with Gasteiger partial charge in [0.2, 0.25) is 0 Å². The number of rotatable bonds is 3. The minimum absolute atomic E-state index is 0.0842. The van der Waals surface area contributed by atoms with E-state index in [0.29, 0.717) is 65.8 Å². The van der Waals surface area contributed by atoms with Crippen molar-refractivity contribution in [2.75, 3.05) is 37.7 Å². The first-order valence-electron chi connectivity index (χ1n) is 11.9. The van der Waals surface area contributed by atoms with E-state index < -0.39 is 6.10 Å². The van der Waals surface area contributed by atoms with Gasteiger partial charge in [0.25, 0.3) is 17.5 Å². The van der Waals surface area contributed by atoms with Crippen molar-refractivity contribution in [2.45, 2.75) is 13.0 Å². The highest BCUT2D eigenvalue weighted by Crippen LogP contribution is 2.36. The van der Waals surface area contributed by atoms with Gasteiger partial charge in [-0.1, -0.05) is 47.6 Å². The molecular weight excluding hydrogens is 460 g/mol. The molecule has 0 spiro atoms. The van der Waals surface area contributed by atoms with Crippen molar-refractivity contribution < 1.29 is 23.6 Å². The molecule has 2 aliphatic heterocycles. The number of para-hydroxylation sites is 2.